The average Bonchev–Trinajstić information content (AvgIpc) is 2.32. The van der Waals surface area contributed by atoms with Gasteiger partial charge in [0.15, 0.2) is 0 Å². The van der Waals surface area contributed by atoms with Gasteiger partial charge in [-0.3, -0.25) is 4.79 Å². The molecule has 0 bridgehead atoms. The van der Waals surface area contributed by atoms with Crippen molar-refractivity contribution in [2.75, 3.05) is 0 Å². The van der Waals surface area contributed by atoms with Crippen LogP contribution in [0.3, 0.4) is 0 Å². The van der Waals surface area contributed by atoms with Crippen molar-refractivity contribution in [1.82, 2.24) is 9.97 Å². The van der Waals surface area contributed by atoms with Crippen LogP contribution >= 0.6 is 0 Å². The number of nitrogens with one attached hydrogen (secondary N) is 1. The van der Waals surface area contributed by atoms with Crippen LogP contribution in [0.4, 0.5) is 0 Å². The molecule has 0 fully saturated rings. The van der Waals surface area contributed by atoms with Gasteiger partial charge in [0.2, 0.25) is 0 Å². The summed E-state index contributed by atoms with van der Waals surface area (Å²) in [5.74, 6) is 0. The minimum absolute atomic E-state index is 0.0293. The summed E-state index contributed by atoms with van der Waals surface area (Å²) in [4.78, 5) is 18.7. The van der Waals surface area contributed by atoms with Gasteiger partial charge in [-0.15, -0.1) is 0 Å². The second-order valence-corrected chi connectivity index (χ2v) is 4.18. The van der Waals surface area contributed by atoms with Gasteiger partial charge in [-0.25, -0.2) is 4.98 Å². The molecule has 3 heteroatoms. The van der Waals surface area contributed by atoms with E-state index in [0.717, 1.165) is 29.7 Å². The Morgan fingerprint density at radius 3 is 2.88 bits per heavy atom. The van der Waals surface area contributed by atoms with Crippen molar-refractivity contribution >= 4 is 0 Å². The number of H-pyrrole nitrogens is 1. The molecule has 0 aliphatic carbocycles. The molecule has 0 aliphatic heterocycles. The van der Waals surface area contributed by atoms with Crippen LogP contribution < -0.4 is 5.56 Å². The molecule has 1 N–H and O–H groups in total. The lowest BCUT2D eigenvalue weighted by Gasteiger charge is -2.07. The van der Waals surface area contributed by atoms with Crippen molar-refractivity contribution in [1.29, 1.82) is 0 Å². The summed E-state index contributed by atoms with van der Waals surface area (Å²) in [7, 11) is 0. The Balaban J connectivity index is 2.59. The van der Waals surface area contributed by atoms with Crippen LogP contribution in [0.1, 0.15) is 24.5 Å². The topological polar surface area (TPSA) is 45.8 Å². The number of benzene rings is 1. The molecule has 1 aromatic carbocycles. The van der Waals surface area contributed by atoms with Gasteiger partial charge in [0.25, 0.3) is 5.56 Å². The van der Waals surface area contributed by atoms with Gasteiger partial charge in [0, 0.05) is 11.1 Å². The fourth-order valence-corrected chi connectivity index (χ4v) is 1.95. The first-order valence-electron chi connectivity index (χ1n) is 5.86. The molecule has 0 atom stereocenters. The van der Waals surface area contributed by atoms with Crippen molar-refractivity contribution in [3.05, 3.63) is 52.1 Å². The number of rotatable bonds is 3. The van der Waals surface area contributed by atoms with E-state index in [9.17, 15) is 4.79 Å². The van der Waals surface area contributed by atoms with E-state index in [0.29, 0.717) is 0 Å². The van der Waals surface area contributed by atoms with Gasteiger partial charge >= 0.3 is 0 Å². The van der Waals surface area contributed by atoms with E-state index in [1.165, 1.54) is 11.9 Å². The lowest BCUT2D eigenvalue weighted by Crippen LogP contribution is -2.14. The summed E-state index contributed by atoms with van der Waals surface area (Å²) in [6, 6.07) is 8.08. The van der Waals surface area contributed by atoms with E-state index < -0.39 is 0 Å². The third-order valence-electron chi connectivity index (χ3n) is 2.74. The second-order valence-electron chi connectivity index (χ2n) is 4.18. The summed E-state index contributed by atoms with van der Waals surface area (Å²) < 4.78 is 0. The van der Waals surface area contributed by atoms with E-state index in [4.69, 9.17) is 0 Å². The van der Waals surface area contributed by atoms with Gasteiger partial charge in [0.05, 0.1) is 12.0 Å². The van der Waals surface area contributed by atoms with Gasteiger partial charge in [-0.05, 0) is 19.4 Å². The number of aromatic nitrogens is 2. The predicted octanol–water partition coefficient (Wildman–Crippen LogP) is 2.70. The third kappa shape index (κ3) is 2.44. The monoisotopic (exact) mass is 228 g/mol. The SMILES string of the molecule is CCCc1c(-c2cccc(C)c2)nc[nH]c1=O. The Hall–Kier alpha value is -1.90. The molecule has 0 saturated heterocycles. The summed E-state index contributed by atoms with van der Waals surface area (Å²) in [5, 5.41) is 0. The maximum absolute atomic E-state index is 11.8. The van der Waals surface area contributed by atoms with Crippen LogP contribution in [0.15, 0.2) is 35.4 Å². The van der Waals surface area contributed by atoms with Crippen molar-refractivity contribution < 1.29 is 0 Å². The highest BCUT2D eigenvalue weighted by Gasteiger charge is 2.09. The van der Waals surface area contributed by atoms with E-state index in [1.54, 1.807) is 0 Å². The molecule has 0 aliphatic rings. The third-order valence-corrected chi connectivity index (χ3v) is 2.74. The van der Waals surface area contributed by atoms with Crippen molar-refractivity contribution in [2.45, 2.75) is 26.7 Å². The largest absolute Gasteiger partial charge is 0.313 e. The Labute approximate surface area is 101 Å². The van der Waals surface area contributed by atoms with Crippen LogP contribution in [0.2, 0.25) is 0 Å². The van der Waals surface area contributed by atoms with Crippen LogP contribution in [-0.4, -0.2) is 9.97 Å². The number of aromatic amines is 1. The highest BCUT2D eigenvalue weighted by Crippen LogP contribution is 2.20. The van der Waals surface area contributed by atoms with Crippen molar-refractivity contribution in [3.8, 4) is 11.3 Å². The first-order chi connectivity index (χ1) is 8.22. The molecule has 0 radical (unpaired) electrons. The molecular formula is C14H16N2O. The molecule has 0 amide bonds. The van der Waals surface area contributed by atoms with E-state index in [2.05, 4.69) is 23.0 Å². The maximum Gasteiger partial charge on any atom is 0.254 e. The second kappa shape index (κ2) is 4.95. The Bertz CT molecular complexity index is 572. The van der Waals surface area contributed by atoms with Gasteiger partial charge in [-0.1, -0.05) is 37.1 Å². The molecule has 88 valence electrons. The van der Waals surface area contributed by atoms with Crippen molar-refractivity contribution in [3.63, 3.8) is 0 Å². The van der Waals surface area contributed by atoms with Crippen LogP contribution in [-0.2, 0) is 6.42 Å². The summed E-state index contributed by atoms with van der Waals surface area (Å²) in [6.07, 6.45) is 3.17. The molecule has 3 nitrogen and oxygen atoms in total. The molecule has 0 unspecified atom stereocenters. The summed E-state index contributed by atoms with van der Waals surface area (Å²) in [5.41, 5.74) is 3.74. The highest BCUT2D eigenvalue weighted by molar-refractivity contribution is 5.63. The standard InChI is InChI=1S/C14H16N2O/c1-3-5-12-13(15-9-16-14(12)17)11-7-4-6-10(2)8-11/h4,6-9H,3,5H2,1-2H3,(H,15,16,17). The van der Waals surface area contributed by atoms with Gasteiger partial charge < -0.3 is 4.98 Å². The lowest BCUT2D eigenvalue weighted by molar-refractivity contribution is 0.888. The fourth-order valence-electron chi connectivity index (χ4n) is 1.95. The van der Waals surface area contributed by atoms with Crippen LogP contribution in [0.25, 0.3) is 11.3 Å². The van der Waals surface area contributed by atoms with Crippen LogP contribution in [0.5, 0.6) is 0 Å². The highest BCUT2D eigenvalue weighted by atomic mass is 16.1. The van der Waals surface area contributed by atoms with E-state index in [-0.39, 0.29) is 5.56 Å². The number of hydrogen-bond acceptors (Lipinski definition) is 2. The van der Waals surface area contributed by atoms with E-state index in [1.807, 2.05) is 25.1 Å². The Morgan fingerprint density at radius 2 is 2.18 bits per heavy atom. The molecule has 1 aromatic heterocycles. The zero-order chi connectivity index (χ0) is 12.3. The maximum atomic E-state index is 11.8. The first-order valence-corrected chi connectivity index (χ1v) is 5.86. The van der Waals surface area contributed by atoms with Gasteiger partial charge in [0.1, 0.15) is 0 Å². The van der Waals surface area contributed by atoms with Crippen molar-refractivity contribution in [2.24, 2.45) is 0 Å². The summed E-state index contributed by atoms with van der Waals surface area (Å²) >= 11 is 0. The molecule has 2 aromatic rings. The number of aryl methyl sites for hydroxylation is 1. The van der Waals surface area contributed by atoms with E-state index >= 15 is 0 Å². The molecule has 17 heavy (non-hydrogen) atoms. The smallest absolute Gasteiger partial charge is 0.254 e. The predicted molar refractivity (Wildman–Crippen MR) is 69.0 cm³/mol. The van der Waals surface area contributed by atoms with Gasteiger partial charge in [-0.2, -0.15) is 0 Å². The minimum atomic E-state index is -0.0293. The summed E-state index contributed by atoms with van der Waals surface area (Å²) in [6.45, 7) is 4.10. The fraction of sp³-hybridized carbons (Fsp3) is 0.286. The first kappa shape index (κ1) is 11.6. The quantitative estimate of drug-likeness (QED) is 0.877. The molecule has 0 saturated carbocycles. The molecule has 2 rings (SSSR count). The molecular weight excluding hydrogens is 212 g/mol. The Morgan fingerprint density at radius 1 is 1.35 bits per heavy atom. The minimum Gasteiger partial charge on any atom is -0.313 e. The number of hydrogen-bond donors (Lipinski definition) is 1. The average molecular weight is 228 g/mol. The molecule has 1 heterocycles. The normalized spacial score (nSPS) is 10.5. The zero-order valence-electron chi connectivity index (χ0n) is 10.2. The Kier molecular flexibility index (Phi) is 3.38. The lowest BCUT2D eigenvalue weighted by atomic mass is 10.0. The zero-order valence-corrected chi connectivity index (χ0v) is 10.2. The number of nitrogens with zero attached hydrogens (tertiary/aromatic N) is 1. The molecule has 0 spiro atoms. The van der Waals surface area contributed by atoms with Crippen LogP contribution in [0, 0.1) is 6.92 Å².